The summed E-state index contributed by atoms with van der Waals surface area (Å²) in [6, 6.07) is 0.525. The van der Waals surface area contributed by atoms with Gasteiger partial charge >= 0.3 is 0 Å². The van der Waals surface area contributed by atoms with E-state index in [0.717, 1.165) is 44.0 Å². The van der Waals surface area contributed by atoms with E-state index in [1.54, 1.807) is 0 Å². The van der Waals surface area contributed by atoms with Crippen LogP contribution in [0.5, 0.6) is 0 Å². The first-order valence-corrected chi connectivity index (χ1v) is 7.90. The van der Waals surface area contributed by atoms with E-state index >= 15 is 0 Å². The van der Waals surface area contributed by atoms with Crippen LogP contribution in [0.3, 0.4) is 0 Å². The van der Waals surface area contributed by atoms with Crippen LogP contribution in [0.15, 0.2) is 12.4 Å². The van der Waals surface area contributed by atoms with E-state index in [1.165, 1.54) is 0 Å². The largest absolute Gasteiger partial charge is 0.338 e. The van der Waals surface area contributed by atoms with Gasteiger partial charge in [-0.1, -0.05) is 34.6 Å². The molecule has 1 heterocycles. The summed E-state index contributed by atoms with van der Waals surface area (Å²) in [7, 11) is 0. The van der Waals surface area contributed by atoms with Crippen LogP contribution in [0, 0.1) is 5.92 Å². The molecule has 0 aromatic carbocycles. The number of hydrogen-bond donors (Lipinski definition) is 1. The molecule has 4 nitrogen and oxygen atoms in total. The van der Waals surface area contributed by atoms with Gasteiger partial charge in [-0.3, -0.25) is 0 Å². The maximum atomic E-state index is 4.58. The Morgan fingerprint density at radius 3 is 2.15 bits per heavy atom. The fraction of sp³-hybridized carbons (Fsp3) is 0.750. The average molecular weight is 278 g/mol. The van der Waals surface area contributed by atoms with Gasteiger partial charge in [-0.25, -0.2) is 9.97 Å². The molecule has 20 heavy (non-hydrogen) atoms. The fourth-order valence-electron chi connectivity index (χ4n) is 2.37. The molecule has 1 rings (SSSR count). The highest BCUT2D eigenvalue weighted by molar-refractivity contribution is 5.31. The van der Waals surface area contributed by atoms with Gasteiger partial charge in [0, 0.05) is 37.1 Å². The Hall–Kier alpha value is -1.16. The van der Waals surface area contributed by atoms with E-state index in [0.29, 0.717) is 12.0 Å². The smallest absolute Gasteiger partial charge is 0.225 e. The Balaban J connectivity index is 2.84. The topological polar surface area (TPSA) is 41.1 Å². The van der Waals surface area contributed by atoms with Gasteiger partial charge in [0.1, 0.15) is 0 Å². The van der Waals surface area contributed by atoms with E-state index in [4.69, 9.17) is 0 Å². The molecule has 1 N–H and O–H groups in total. The van der Waals surface area contributed by atoms with Crippen molar-refractivity contribution in [2.45, 2.75) is 60.0 Å². The van der Waals surface area contributed by atoms with Crippen LogP contribution in [-0.2, 0) is 6.54 Å². The van der Waals surface area contributed by atoms with Crippen LogP contribution in [0.2, 0.25) is 0 Å². The van der Waals surface area contributed by atoms with Gasteiger partial charge in [0.15, 0.2) is 0 Å². The normalized spacial score (nSPS) is 11.3. The quantitative estimate of drug-likeness (QED) is 0.753. The molecule has 0 bridgehead atoms. The zero-order valence-corrected chi connectivity index (χ0v) is 13.7. The van der Waals surface area contributed by atoms with Crippen LogP contribution in [0.4, 0.5) is 5.95 Å². The summed E-state index contributed by atoms with van der Waals surface area (Å²) in [6.45, 7) is 13.9. The molecule has 0 aliphatic rings. The van der Waals surface area contributed by atoms with E-state index < -0.39 is 0 Å². The third-order valence-corrected chi connectivity index (χ3v) is 3.47. The molecule has 0 saturated carbocycles. The summed E-state index contributed by atoms with van der Waals surface area (Å²) in [5.41, 5.74) is 1.14. The zero-order chi connectivity index (χ0) is 15.0. The van der Waals surface area contributed by atoms with Crippen LogP contribution in [0.1, 0.15) is 53.0 Å². The lowest BCUT2D eigenvalue weighted by Crippen LogP contribution is -2.38. The van der Waals surface area contributed by atoms with Gasteiger partial charge in [0.25, 0.3) is 0 Å². The fourth-order valence-corrected chi connectivity index (χ4v) is 2.37. The summed E-state index contributed by atoms with van der Waals surface area (Å²) in [4.78, 5) is 11.5. The number of hydrogen-bond acceptors (Lipinski definition) is 4. The molecule has 114 valence electrons. The van der Waals surface area contributed by atoms with Crippen LogP contribution in [0.25, 0.3) is 0 Å². The molecule has 0 radical (unpaired) electrons. The first kappa shape index (κ1) is 16.9. The summed E-state index contributed by atoms with van der Waals surface area (Å²) in [6.07, 6.45) is 6.15. The highest BCUT2D eigenvalue weighted by atomic mass is 15.3. The van der Waals surface area contributed by atoms with Gasteiger partial charge in [0.2, 0.25) is 5.95 Å². The van der Waals surface area contributed by atoms with Crippen LogP contribution >= 0.6 is 0 Å². The molecule has 0 spiro atoms. The Morgan fingerprint density at radius 2 is 1.70 bits per heavy atom. The Bertz CT molecular complexity index is 357. The standard InChI is InChI=1S/C16H30N4/c1-6-15(7-2)20(12-13(4)5)16-18-10-14(11-19-16)9-17-8-3/h10-11,13,15,17H,6-9,12H2,1-5H3. The molecule has 0 saturated heterocycles. The maximum Gasteiger partial charge on any atom is 0.225 e. The summed E-state index contributed by atoms with van der Waals surface area (Å²) in [5, 5.41) is 3.30. The minimum atomic E-state index is 0.525. The number of anilines is 1. The first-order valence-electron chi connectivity index (χ1n) is 7.90. The molecular weight excluding hydrogens is 248 g/mol. The molecular formula is C16H30N4. The lowest BCUT2D eigenvalue weighted by Gasteiger charge is -2.32. The molecule has 0 atom stereocenters. The highest BCUT2D eigenvalue weighted by Crippen LogP contribution is 2.18. The van der Waals surface area contributed by atoms with Crippen molar-refractivity contribution in [1.82, 2.24) is 15.3 Å². The minimum absolute atomic E-state index is 0.525. The zero-order valence-electron chi connectivity index (χ0n) is 13.7. The third-order valence-electron chi connectivity index (χ3n) is 3.47. The van der Waals surface area contributed by atoms with Crippen molar-refractivity contribution in [2.75, 3.05) is 18.0 Å². The Kier molecular flexibility index (Phi) is 7.52. The van der Waals surface area contributed by atoms with Crippen molar-refractivity contribution in [1.29, 1.82) is 0 Å². The number of nitrogens with one attached hydrogen (secondary N) is 1. The minimum Gasteiger partial charge on any atom is -0.338 e. The highest BCUT2D eigenvalue weighted by Gasteiger charge is 2.19. The van der Waals surface area contributed by atoms with Gasteiger partial charge in [0.05, 0.1) is 0 Å². The molecule has 1 aromatic rings. The monoisotopic (exact) mass is 278 g/mol. The molecule has 0 aliphatic heterocycles. The molecule has 0 unspecified atom stereocenters. The van der Waals surface area contributed by atoms with Crippen LogP contribution in [-0.4, -0.2) is 29.1 Å². The summed E-state index contributed by atoms with van der Waals surface area (Å²) >= 11 is 0. The second-order valence-electron chi connectivity index (χ2n) is 5.69. The predicted octanol–water partition coefficient (Wildman–Crippen LogP) is 3.24. The number of aromatic nitrogens is 2. The lowest BCUT2D eigenvalue weighted by molar-refractivity contribution is 0.498. The second kappa shape index (κ2) is 8.90. The van der Waals surface area contributed by atoms with Gasteiger partial charge in [-0.2, -0.15) is 0 Å². The van der Waals surface area contributed by atoms with E-state index in [-0.39, 0.29) is 0 Å². The second-order valence-corrected chi connectivity index (χ2v) is 5.69. The van der Waals surface area contributed by atoms with Crippen molar-refractivity contribution in [3.8, 4) is 0 Å². The number of rotatable bonds is 9. The summed E-state index contributed by atoms with van der Waals surface area (Å²) < 4.78 is 0. The molecule has 0 aliphatic carbocycles. The van der Waals surface area contributed by atoms with Crippen molar-refractivity contribution in [2.24, 2.45) is 5.92 Å². The average Bonchev–Trinajstić information content (AvgIpc) is 2.45. The third kappa shape index (κ3) is 5.08. The van der Waals surface area contributed by atoms with Gasteiger partial charge in [-0.15, -0.1) is 0 Å². The summed E-state index contributed by atoms with van der Waals surface area (Å²) in [5.74, 6) is 1.48. The van der Waals surface area contributed by atoms with Gasteiger partial charge in [-0.05, 0) is 25.3 Å². The molecule has 4 heteroatoms. The predicted molar refractivity (Wildman–Crippen MR) is 86.0 cm³/mol. The van der Waals surface area contributed by atoms with E-state index in [2.05, 4.69) is 54.8 Å². The Morgan fingerprint density at radius 1 is 1.10 bits per heavy atom. The molecule has 0 fully saturated rings. The first-order chi connectivity index (χ1) is 9.62. The van der Waals surface area contributed by atoms with E-state index in [9.17, 15) is 0 Å². The van der Waals surface area contributed by atoms with Gasteiger partial charge < -0.3 is 10.2 Å². The molecule has 0 amide bonds. The van der Waals surface area contributed by atoms with Crippen molar-refractivity contribution in [3.63, 3.8) is 0 Å². The van der Waals surface area contributed by atoms with Crippen LogP contribution < -0.4 is 10.2 Å². The lowest BCUT2D eigenvalue weighted by atomic mass is 10.1. The van der Waals surface area contributed by atoms with Crippen molar-refractivity contribution in [3.05, 3.63) is 18.0 Å². The maximum absolute atomic E-state index is 4.58. The Labute approximate surface area is 124 Å². The van der Waals surface area contributed by atoms with Crippen molar-refractivity contribution < 1.29 is 0 Å². The van der Waals surface area contributed by atoms with Crippen molar-refractivity contribution >= 4 is 5.95 Å². The molecule has 1 aromatic heterocycles. The number of nitrogens with zero attached hydrogens (tertiary/aromatic N) is 3. The SMILES string of the molecule is CCNCc1cnc(N(CC(C)C)C(CC)CC)nc1. The van der Waals surface area contributed by atoms with E-state index in [1.807, 2.05) is 12.4 Å².